The monoisotopic (exact) mass is 306 g/mol. The van der Waals surface area contributed by atoms with E-state index in [2.05, 4.69) is 41.2 Å². The summed E-state index contributed by atoms with van der Waals surface area (Å²) in [4.78, 5) is 8.08. The van der Waals surface area contributed by atoms with Crippen LogP contribution >= 0.6 is 0 Å². The molecule has 2 heterocycles. The zero-order chi connectivity index (χ0) is 16.0. The maximum Gasteiger partial charge on any atom is 0.159 e. The van der Waals surface area contributed by atoms with Gasteiger partial charge in [0.15, 0.2) is 5.82 Å². The number of imidazole rings is 1. The van der Waals surface area contributed by atoms with Gasteiger partial charge in [0, 0.05) is 5.39 Å². The Morgan fingerprint density at radius 1 is 1.04 bits per heavy atom. The Hall–Kier alpha value is -2.82. The molecule has 0 spiro atoms. The Balaban J connectivity index is 1.89. The first-order chi connectivity index (χ1) is 11.2. The lowest BCUT2D eigenvalue weighted by atomic mass is 10.1. The maximum atomic E-state index is 5.59. The number of rotatable bonds is 3. The standard InChI is InChI=1S/C18H18N4O/c1-4-23-12-5-6-14-13(9-12)17(22-21-14)18-19-15-7-10(2)11(3)8-16(15)20-18/h5-9H,4H2,1-3H3,(H,19,20)(H,21,22). The Morgan fingerprint density at radius 3 is 2.70 bits per heavy atom. The van der Waals surface area contributed by atoms with E-state index in [0.717, 1.165) is 39.2 Å². The first kappa shape index (κ1) is 13.8. The van der Waals surface area contributed by atoms with Crippen LogP contribution in [0, 0.1) is 13.8 Å². The number of fused-ring (bicyclic) bond motifs is 2. The zero-order valence-corrected chi connectivity index (χ0v) is 13.4. The predicted molar refractivity (Wildman–Crippen MR) is 91.8 cm³/mol. The molecule has 0 saturated heterocycles. The molecule has 0 aliphatic heterocycles. The van der Waals surface area contributed by atoms with Crippen molar-refractivity contribution in [2.75, 3.05) is 6.61 Å². The number of nitrogens with one attached hydrogen (secondary N) is 2. The van der Waals surface area contributed by atoms with Gasteiger partial charge >= 0.3 is 0 Å². The molecule has 0 amide bonds. The molecular formula is C18H18N4O. The minimum atomic E-state index is 0.641. The number of hydrogen-bond acceptors (Lipinski definition) is 3. The summed E-state index contributed by atoms with van der Waals surface area (Å²) in [5.41, 5.74) is 6.25. The molecule has 0 aliphatic rings. The molecule has 4 rings (SSSR count). The van der Waals surface area contributed by atoms with E-state index in [4.69, 9.17) is 9.72 Å². The van der Waals surface area contributed by atoms with Gasteiger partial charge in [-0.05, 0) is 62.2 Å². The number of aromatic amines is 2. The smallest absolute Gasteiger partial charge is 0.159 e. The number of ether oxygens (including phenoxy) is 1. The second-order valence-electron chi connectivity index (χ2n) is 5.75. The topological polar surface area (TPSA) is 66.6 Å². The van der Waals surface area contributed by atoms with Crippen molar-refractivity contribution in [2.45, 2.75) is 20.8 Å². The normalized spacial score (nSPS) is 11.4. The van der Waals surface area contributed by atoms with Crippen molar-refractivity contribution >= 4 is 21.9 Å². The molecule has 2 N–H and O–H groups in total. The zero-order valence-electron chi connectivity index (χ0n) is 13.4. The summed E-state index contributed by atoms with van der Waals surface area (Å²) < 4.78 is 5.59. The first-order valence-electron chi connectivity index (χ1n) is 7.74. The molecule has 2 aromatic carbocycles. The highest BCUT2D eigenvalue weighted by atomic mass is 16.5. The van der Waals surface area contributed by atoms with Crippen LogP contribution in [0.3, 0.4) is 0 Å². The molecular weight excluding hydrogens is 288 g/mol. The Bertz CT molecular complexity index is 974. The summed E-state index contributed by atoms with van der Waals surface area (Å²) in [6.45, 7) is 6.82. The van der Waals surface area contributed by atoms with Gasteiger partial charge in [0.1, 0.15) is 11.4 Å². The largest absolute Gasteiger partial charge is 0.494 e. The molecule has 0 unspecified atom stereocenters. The fourth-order valence-corrected chi connectivity index (χ4v) is 2.81. The summed E-state index contributed by atoms with van der Waals surface area (Å²) in [5.74, 6) is 1.61. The third-order valence-electron chi connectivity index (χ3n) is 4.17. The van der Waals surface area contributed by atoms with E-state index in [1.807, 2.05) is 25.1 Å². The molecule has 116 valence electrons. The third-order valence-corrected chi connectivity index (χ3v) is 4.17. The van der Waals surface area contributed by atoms with Crippen molar-refractivity contribution in [3.63, 3.8) is 0 Å². The Morgan fingerprint density at radius 2 is 1.87 bits per heavy atom. The lowest BCUT2D eigenvalue weighted by Gasteiger charge is -2.02. The van der Waals surface area contributed by atoms with E-state index >= 15 is 0 Å². The van der Waals surface area contributed by atoms with E-state index in [-0.39, 0.29) is 0 Å². The average Bonchev–Trinajstić information content (AvgIpc) is 3.11. The second-order valence-corrected chi connectivity index (χ2v) is 5.75. The molecule has 4 aromatic rings. The quantitative estimate of drug-likeness (QED) is 0.598. The van der Waals surface area contributed by atoms with Gasteiger partial charge in [0.05, 0.1) is 23.2 Å². The number of nitrogens with zero attached hydrogens (tertiary/aromatic N) is 2. The van der Waals surface area contributed by atoms with Gasteiger partial charge < -0.3 is 9.72 Å². The van der Waals surface area contributed by atoms with Crippen molar-refractivity contribution in [2.24, 2.45) is 0 Å². The van der Waals surface area contributed by atoms with Crippen LogP contribution in [0.15, 0.2) is 30.3 Å². The summed E-state index contributed by atoms with van der Waals surface area (Å²) in [7, 11) is 0. The van der Waals surface area contributed by atoms with Gasteiger partial charge in [-0.2, -0.15) is 5.10 Å². The molecule has 0 radical (unpaired) electrons. The van der Waals surface area contributed by atoms with Crippen molar-refractivity contribution < 1.29 is 4.74 Å². The highest BCUT2D eigenvalue weighted by molar-refractivity contribution is 5.94. The van der Waals surface area contributed by atoms with E-state index in [9.17, 15) is 0 Å². The summed E-state index contributed by atoms with van der Waals surface area (Å²) >= 11 is 0. The van der Waals surface area contributed by atoms with Gasteiger partial charge in [-0.1, -0.05) is 0 Å². The molecule has 0 atom stereocenters. The van der Waals surface area contributed by atoms with Crippen molar-refractivity contribution in [1.29, 1.82) is 0 Å². The van der Waals surface area contributed by atoms with Crippen molar-refractivity contribution in [3.05, 3.63) is 41.5 Å². The number of H-pyrrole nitrogens is 2. The SMILES string of the molecule is CCOc1ccc2[nH]nc(-c3nc4cc(C)c(C)cc4[nH]3)c2c1. The molecule has 0 fully saturated rings. The maximum absolute atomic E-state index is 5.59. The lowest BCUT2D eigenvalue weighted by molar-refractivity contribution is 0.341. The highest BCUT2D eigenvalue weighted by Crippen LogP contribution is 2.29. The average molecular weight is 306 g/mol. The summed E-state index contributed by atoms with van der Waals surface area (Å²) in [5, 5.41) is 8.49. The molecule has 0 bridgehead atoms. The predicted octanol–water partition coefficient (Wildman–Crippen LogP) is 4.12. The van der Waals surface area contributed by atoms with Gasteiger partial charge in [-0.25, -0.2) is 4.98 Å². The number of benzene rings is 2. The highest BCUT2D eigenvalue weighted by Gasteiger charge is 2.14. The minimum absolute atomic E-state index is 0.641. The molecule has 0 aliphatic carbocycles. The lowest BCUT2D eigenvalue weighted by Crippen LogP contribution is -1.90. The summed E-state index contributed by atoms with van der Waals surface area (Å²) in [6, 6.07) is 10.2. The van der Waals surface area contributed by atoms with Crippen LogP contribution in [0.1, 0.15) is 18.1 Å². The minimum Gasteiger partial charge on any atom is -0.494 e. The number of aromatic nitrogens is 4. The van der Waals surface area contributed by atoms with Crippen LogP contribution in [0.2, 0.25) is 0 Å². The van der Waals surface area contributed by atoms with E-state index in [0.29, 0.717) is 6.61 Å². The van der Waals surface area contributed by atoms with Crippen LogP contribution < -0.4 is 4.74 Å². The molecule has 5 nitrogen and oxygen atoms in total. The third kappa shape index (κ3) is 2.25. The van der Waals surface area contributed by atoms with Gasteiger partial charge in [0.2, 0.25) is 0 Å². The number of aryl methyl sites for hydroxylation is 2. The molecule has 5 heteroatoms. The fourth-order valence-electron chi connectivity index (χ4n) is 2.81. The van der Waals surface area contributed by atoms with Crippen molar-refractivity contribution in [3.8, 4) is 17.3 Å². The summed E-state index contributed by atoms with van der Waals surface area (Å²) in [6.07, 6.45) is 0. The first-order valence-corrected chi connectivity index (χ1v) is 7.74. The van der Waals surface area contributed by atoms with Crippen LogP contribution in [0.25, 0.3) is 33.5 Å². The van der Waals surface area contributed by atoms with Crippen LogP contribution in [-0.4, -0.2) is 26.8 Å². The van der Waals surface area contributed by atoms with E-state index in [1.165, 1.54) is 11.1 Å². The second kappa shape index (κ2) is 5.12. The van der Waals surface area contributed by atoms with Crippen LogP contribution in [0.4, 0.5) is 0 Å². The van der Waals surface area contributed by atoms with Crippen molar-refractivity contribution in [1.82, 2.24) is 20.2 Å². The van der Waals surface area contributed by atoms with E-state index < -0.39 is 0 Å². The molecule has 23 heavy (non-hydrogen) atoms. The van der Waals surface area contributed by atoms with Crippen LogP contribution in [-0.2, 0) is 0 Å². The fraction of sp³-hybridized carbons (Fsp3) is 0.222. The number of hydrogen-bond donors (Lipinski definition) is 2. The van der Waals surface area contributed by atoms with Crippen LogP contribution in [0.5, 0.6) is 5.75 Å². The van der Waals surface area contributed by atoms with Gasteiger partial charge in [-0.15, -0.1) is 0 Å². The Labute approximate surface area is 133 Å². The molecule has 0 saturated carbocycles. The molecule has 2 aromatic heterocycles. The van der Waals surface area contributed by atoms with E-state index in [1.54, 1.807) is 0 Å². The van der Waals surface area contributed by atoms with Gasteiger partial charge in [0.25, 0.3) is 0 Å². The van der Waals surface area contributed by atoms with Gasteiger partial charge in [-0.3, -0.25) is 5.10 Å². The Kier molecular flexibility index (Phi) is 3.08.